The minimum Gasteiger partial charge on any atom is -0.396 e. The molecule has 1 aliphatic rings. The summed E-state index contributed by atoms with van der Waals surface area (Å²) in [5, 5.41) is 9.28. The second-order valence-electron chi connectivity index (χ2n) is 5.39. The average Bonchev–Trinajstić information content (AvgIpc) is 2.55. The van der Waals surface area contributed by atoms with Gasteiger partial charge in [0.15, 0.2) is 0 Å². The van der Waals surface area contributed by atoms with Crippen LogP contribution < -0.4 is 5.73 Å². The number of aliphatic hydroxyl groups excluding tert-OH is 1. The number of hydrogen-bond donors (Lipinski definition) is 2. The van der Waals surface area contributed by atoms with E-state index in [0.717, 1.165) is 6.42 Å². The molecule has 72 valence electrons. The summed E-state index contributed by atoms with van der Waals surface area (Å²) >= 11 is 0. The Morgan fingerprint density at radius 1 is 1.42 bits per heavy atom. The van der Waals surface area contributed by atoms with E-state index in [4.69, 9.17) is 5.73 Å². The van der Waals surface area contributed by atoms with Crippen molar-refractivity contribution in [3.05, 3.63) is 0 Å². The number of nitrogens with two attached hydrogens (primary N) is 1. The van der Waals surface area contributed by atoms with Crippen LogP contribution >= 0.6 is 0 Å². The number of rotatable bonds is 3. The lowest BCUT2D eigenvalue weighted by molar-refractivity contribution is 0.0628. The van der Waals surface area contributed by atoms with Crippen LogP contribution in [0.25, 0.3) is 0 Å². The molecule has 0 aromatic rings. The Morgan fingerprint density at radius 2 is 1.83 bits per heavy atom. The fourth-order valence-corrected chi connectivity index (χ4v) is 2.64. The van der Waals surface area contributed by atoms with Crippen LogP contribution in [-0.4, -0.2) is 18.3 Å². The van der Waals surface area contributed by atoms with Crippen LogP contribution in [0.4, 0.5) is 0 Å². The third kappa shape index (κ3) is 1.01. The molecule has 0 aliphatic heterocycles. The lowest BCUT2D eigenvalue weighted by Gasteiger charge is -2.35. The molecular weight excluding hydrogens is 150 g/mol. The SMILES string of the molecule is CC(C)(CO)C1(CN)CC1(C)C. The van der Waals surface area contributed by atoms with Crippen molar-refractivity contribution in [1.29, 1.82) is 0 Å². The molecule has 2 nitrogen and oxygen atoms in total. The Bertz CT molecular complexity index is 186. The van der Waals surface area contributed by atoms with E-state index in [2.05, 4.69) is 27.7 Å². The van der Waals surface area contributed by atoms with Gasteiger partial charge in [-0.2, -0.15) is 0 Å². The van der Waals surface area contributed by atoms with E-state index in [9.17, 15) is 5.11 Å². The normalized spacial score (nSPS) is 33.5. The maximum atomic E-state index is 9.28. The molecule has 2 heteroatoms. The molecule has 0 spiro atoms. The van der Waals surface area contributed by atoms with Gasteiger partial charge in [-0.05, 0) is 29.2 Å². The van der Waals surface area contributed by atoms with Crippen LogP contribution in [0, 0.1) is 16.2 Å². The predicted molar refractivity (Wildman–Crippen MR) is 50.8 cm³/mol. The van der Waals surface area contributed by atoms with Crippen LogP contribution in [0.3, 0.4) is 0 Å². The molecular formula is C10H21NO. The molecule has 0 heterocycles. The summed E-state index contributed by atoms with van der Waals surface area (Å²) in [5.41, 5.74) is 6.23. The van der Waals surface area contributed by atoms with E-state index in [-0.39, 0.29) is 17.4 Å². The zero-order valence-electron chi connectivity index (χ0n) is 8.65. The molecule has 0 aromatic heterocycles. The van der Waals surface area contributed by atoms with Gasteiger partial charge in [-0.3, -0.25) is 0 Å². The van der Waals surface area contributed by atoms with Gasteiger partial charge in [0.05, 0.1) is 0 Å². The third-order valence-electron chi connectivity index (χ3n) is 3.95. The molecule has 0 bridgehead atoms. The van der Waals surface area contributed by atoms with E-state index in [0.29, 0.717) is 12.0 Å². The number of hydrogen-bond acceptors (Lipinski definition) is 2. The van der Waals surface area contributed by atoms with Gasteiger partial charge in [-0.25, -0.2) is 0 Å². The van der Waals surface area contributed by atoms with Crippen molar-refractivity contribution in [2.24, 2.45) is 22.0 Å². The summed E-state index contributed by atoms with van der Waals surface area (Å²) in [6.45, 7) is 9.60. The highest BCUT2D eigenvalue weighted by Crippen LogP contribution is 2.70. The molecule has 1 saturated carbocycles. The summed E-state index contributed by atoms with van der Waals surface area (Å²) in [7, 11) is 0. The fraction of sp³-hybridized carbons (Fsp3) is 1.00. The maximum Gasteiger partial charge on any atom is 0.0488 e. The topological polar surface area (TPSA) is 46.2 Å². The van der Waals surface area contributed by atoms with Gasteiger partial charge in [-0.15, -0.1) is 0 Å². The number of aliphatic hydroxyl groups is 1. The van der Waals surface area contributed by atoms with E-state index >= 15 is 0 Å². The van der Waals surface area contributed by atoms with Crippen molar-refractivity contribution in [3.63, 3.8) is 0 Å². The van der Waals surface area contributed by atoms with Gasteiger partial charge in [-0.1, -0.05) is 27.7 Å². The minimum absolute atomic E-state index is 0.0365. The van der Waals surface area contributed by atoms with Gasteiger partial charge in [0.2, 0.25) is 0 Å². The van der Waals surface area contributed by atoms with Gasteiger partial charge >= 0.3 is 0 Å². The monoisotopic (exact) mass is 171 g/mol. The Morgan fingerprint density at radius 3 is 1.92 bits per heavy atom. The Hall–Kier alpha value is -0.0800. The first kappa shape index (κ1) is 10.0. The van der Waals surface area contributed by atoms with Gasteiger partial charge in [0.1, 0.15) is 0 Å². The summed E-state index contributed by atoms with van der Waals surface area (Å²) in [5.74, 6) is 0. The largest absolute Gasteiger partial charge is 0.396 e. The van der Waals surface area contributed by atoms with Gasteiger partial charge in [0, 0.05) is 6.61 Å². The standard InChI is InChI=1S/C10H21NO/c1-8(2)5-10(8,6-11)9(3,4)7-12/h12H,5-7,11H2,1-4H3. The first-order valence-corrected chi connectivity index (χ1v) is 4.64. The molecule has 1 rings (SSSR count). The van der Waals surface area contributed by atoms with Crippen molar-refractivity contribution in [1.82, 2.24) is 0 Å². The summed E-state index contributed by atoms with van der Waals surface area (Å²) in [6.07, 6.45) is 1.14. The molecule has 1 atom stereocenters. The highest BCUT2D eigenvalue weighted by Gasteiger charge is 2.66. The predicted octanol–water partition coefficient (Wildman–Crippen LogP) is 1.38. The van der Waals surface area contributed by atoms with Crippen LogP contribution in [0.1, 0.15) is 34.1 Å². The molecule has 1 aliphatic carbocycles. The van der Waals surface area contributed by atoms with Crippen molar-refractivity contribution < 1.29 is 5.11 Å². The minimum atomic E-state index is -0.0365. The molecule has 0 amide bonds. The lowest BCUT2D eigenvalue weighted by Crippen LogP contribution is -2.38. The smallest absolute Gasteiger partial charge is 0.0488 e. The zero-order valence-corrected chi connectivity index (χ0v) is 8.65. The van der Waals surface area contributed by atoms with Crippen molar-refractivity contribution in [2.75, 3.05) is 13.2 Å². The van der Waals surface area contributed by atoms with Crippen LogP contribution in [0.5, 0.6) is 0 Å². The highest BCUT2D eigenvalue weighted by molar-refractivity contribution is 5.16. The summed E-state index contributed by atoms with van der Waals surface area (Å²) in [4.78, 5) is 0. The summed E-state index contributed by atoms with van der Waals surface area (Å²) in [6, 6.07) is 0. The molecule has 0 saturated heterocycles. The van der Waals surface area contributed by atoms with Crippen LogP contribution in [-0.2, 0) is 0 Å². The van der Waals surface area contributed by atoms with Crippen molar-refractivity contribution in [3.8, 4) is 0 Å². The van der Waals surface area contributed by atoms with Crippen LogP contribution in [0.15, 0.2) is 0 Å². The van der Waals surface area contributed by atoms with E-state index in [1.165, 1.54) is 0 Å². The lowest BCUT2D eigenvalue weighted by atomic mass is 9.72. The molecule has 0 radical (unpaired) electrons. The summed E-state index contributed by atoms with van der Waals surface area (Å²) < 4.78 is 0. The molecule has 12 heavy (non-hydrogen) atoms. The Balaban J connectivity index is 2.86. The zero-order chi connectivity index (χ0) is 9.62. The first-order valence-electron chi connectivity index (χ1n) is 4.64. The van der Waals surface area contributed by atoms with Crippen LogP contribution in [0.2, 0.25) is 0 Å². The van der Waals surface area contributed by atoms with E-state index in [1.54, 1.807) is 0 Å². The third-order valence-corrected chi connectivity index (χ3v) is 3.95. The van der Waals surface area contributed by atoms with Gasteiger partial charge in [0.25, 0.3) is 0 Å². The fourth-order valence-electron chi connectivity index (χ4n) is 2.64. The molecule has 1 fully saturated rings. The quantitative estimate of drug-likeness (QED) is 0.674. The molecule has 0 aromatic carbocycles. The first-order chi connectivity index (χ1) is 5.33. The van der Waals surface area contributed by atoms with E-state index < -0.39 is 0 Å². The second kappa shape index (κ2) is 2.46. The van der Waals surface area contributed by atoms with E-state index in [1.807, 2.05) is 0 Å². The Kier molecular flexibility index (Phi) is 2.05. The van der Waals surface area contributed by atoms with Gasteiger partial charge < -0.3 is 10.8 Å². The Labute approximate surface area is 75.2 Å². The van der Waals surface area contributed by atoms with Crippen molar-refractivity contribution >= 4 is 0 Å². The molecule has 1 unspecified atom stereocenters. The second-order valence-corrected chi connectivity index (χ2v) is 5.39. The molecule has 3 N–H and O–H groups in total. The van der Waals surface area contributed by atoms with Crippen molar-refractivity contribution in [2.45, 2.75) is 34.1 Å². The highest BCUT2D eigenvalue weighted by atomic mass is 16.3. The maximum absolute atomic E-state index is 9.28. The average molecular weight is 171 g/mol.